The summed E-state index contributed by atoms with van der Waals surface area (Å²) in [6, 6.07) is 1.68. The monoisotopic (exact) mass is 280 g/mol. The topological polar surface area (TPSA) is 6.48 Å². The van der Waals surface area contributed by atoms with Gasteiger partial charge in [0.15, 0.2) is 0 Å². The number of fused-ring (bicyclic) bond motifs is 1. The van der Waals surface area contributed by atoms with Crippen LogP contribution in [-0.4, -0.2) is 48.1 Å². The lowest BCUT2D eigenvalue weighted by molar-refractivity contribution is 0.0583. The van der Waals surface area contributed by atoms with Crippen molar-refractivity contribution in [2.24, 2.45) is 0 Å². The number of hydrogen-bond acceptors (Lipinski definition) is 2. The van der Waals surface area contributed by atoms with Crippen LogP contribution in [0.3, 0.4) is 0 Å². The van der Waals surface area contributed by atoms with Crippen molar-refractivity contribution >= 4 is 0 Å². The summed E-state index contributed by atoms with van der Waals surface area (Å²) in [6.07, 6.45) is 14.4. The molecule has 0 N–H and O–H groups in total. The van der Waals surface area contributed by atoms with Crippen LogP contribution < -0.4 is 0 Å². The van der Waals surface area contributed by atoms with Gasteiger partial charge in [-0.2, -0.15) is 0 Å². The van der Waals surface area contributed by atoms with Gasteiger partial charge in [0.2, 0.25) is 0 Å². The molecule has 118 valence electrons. The van der Waals surface area contributed by atoms with Crippen LogP contribution in [0.5, 0.6) is 0 Å². The molecule has 2 heteroatoms. The third kappa shape index (κ3) is 5.04. The van der Waals surface area contributed by atoms with E-state index in [2.05, 4.69) is 23.6 Å². The second kappa shape index (κ2) is 9.04. The minimum Gasteiger partial charge on any atom is -0.298 e. The van der Waals surface area contributed by atoms with Crippen molar-refractivity contribution in [1.29, 1.82) is 0 Å². The van der Waals surface area contributed by atoms with Crippen molar-refractivity contribution in [3.63, 3.8) is 0 Å². The van der Waals surface area contributed by atoms with Gasteiger partial charge in [-0.15, -0.1) is 0 Å². The van der Waals surface area contributed by atoms with Gasteiger partial charge in [0.05, 0.1) is 0 Å². The molecule has 2 rings (SSSR count). The van der Waals surface area contributed by atoms with E-state index in [9.17, 15) is 0 Å². The van der Waals surface area contributed by atoms with E-state index in [4.69, 9.17) is 0 Å². The molecule has 0 aromatic rings. The van der Waals surface area contributed by atoms with Crippen LogP contribution in [0.4, 0.5) is 0 Å². The molecule has 0 aliphatic carbocycles. The third-order valence-electron chi connectivity index (χ3n) is 5.37. The van der Waals surface area contributed by atoms with E-state index in [-0.39, 0.29) is 0 Å². The fraction of sp³-hybridized carbons (Fsp3) is 1.00. The van der Waals surface area contributed by atoms with E-state index in [1.54, 1.807) is 0 Å². The Bertz CT molecular complexity index is 254. The summed E-state index contributed by atoms with van der Waals surface area (Å²) in [5.74, 6) is 0. The minimum absolute atomic E-state index is 0.786. The average Bonchev–Trinajstić information content (AvgIpc) is 2.88. The van der Waals surface area contributed by atoms with E-state index in [1.807, 2.05) is 0 Å². The molecule has 2 aliphatic rings. The summed E-state index contributed by atoms with van der Waals surface area (Å²) in [6.45, 7) is 10.1. The maximum atomic E-state index is 2.77. The molecular formula is C18H36N2. The zero-order valence-corrected chi connectivity index (χ0v) is 13.9. The fourth-order valence-electron chi connectivity index (χ4n) is 4.01. The Balaban J connectivity index is 1.51. The van der Waals surface area contributed by atoms with Crippen LogP contribution in [0.2, 0.25) is 0 Å². The summed E-state index contributed by atoms with van der Waals surface area (Å²) in [7, 11) is 0. The standard InChI is InChI=1S/C18H36N2/c1-3-4-5-6-7-8-9-10-13-19-16-18-12-11-14-20(18)15-17(19)2/h17-18H,3-16H2,1-2H3. The van der Waals surface area contributed by atoms with Gasteiger partial charge in [-0.25, -0.2) is 0 Å². The Labute approximate surface area is 126 Å². The Kier molecular flexibility index (Phi) is 7.37. The normalized spacial score (nSPS) is 27.9. The van der Waals surface area contributed by atoms with Gasteiger partial charge in [0.25, 0.3) is 0 Å². The molecule has 0 aromatic heterocycles. The van der Waals surface area contributed by atoms with E-state index in [0.29, 0.717) is 0 Å². The van der Waals surface area contributed by atoms with Gasteiger partial charge in [0.1, 0.15) is 0 Å². The quantitative estimate of drug-likeness (QED) is 0.581. The van der Waals surface area contributed by atoms with Crippen LogP contribution in [0.15, 0.2) is 0 Å². The summed E-state index contributed by atoms with van der Waals surface area (Å²) >= 11 is 0. The first-order valence-electron chi connectivity index (χ1n) is 9.29. The van der Waals surface area contributed by atoms with Gasteiger partial charge in [-0.1, -0.05) is 51.9 Å². The zero-order chi connectivity index (χ0) is 14.2. The van der Waals surface area contributed by atoms with Gasteiger partial charge in [-0.05, 0) is 39.3 Å². The van der Waals surface area contributed by atoms with Gasteiger partial charge in [-0.3, -0.25) is 9.80 Å². The minimum atomic E-state index is 0.786. The lowest BCUT2D eigenvalue weighted by Gasteiger charge is -2.42. The highest BCUT2D eigenvalue weighted by Gasteiger charge is 2.33. The average molecular weight is 280 g/mol. The summed E-state index contributed by atoms with van der Waals surface area (Å²) in [5, 5.41) is 0. The lowest BCUT2D eigenvalue weighted by atomic mass is 10.1. The molecule has 2 nitrogen and oxygen atoms in total. The molecule has 2 aliphatic heterocycles. The van der Waals surface area contributed by atoms with Crippen molar-refractivity contribution < 1.29 is 0 Å². The van der Waals surface area contributed by atoms with E-state index < -0.39 is 0 Å². The van der Waals surface area contributed by atoms with Crippen LogP contribution in [0.1, 0.15) is 78.1 Å². The summed E-state index contributed by atoms with van der Waals surface area (Å²) in [4.78, 5) is 5.50. The zero-order valence-electron chi connectivity index (χ0n) is 13.9. The molecule has 2 heterocycles. The summed E-state index contributed by atoms with van der Waals surface area (Å²) in [5.41, 5.74) is 0. The van der Waals surface area contributed by atoms with Crippen molar-refractivity contribution in [1.82, 2.24) is 9.80 Å². The maximum absolute atomic E-state index is 2.77. The predicted octanol–water partition coefficient (Wildman–Crippen LogP) is 4.30. The van der Waals surface area contributed by atoms with E-state index >= 15 is 0 Å². The third-order valence-corrected chi connectivity index (χ3v) is 5.37. The molecule has 0 radical (unpaired) electrons. The first kappa shape index (κ1) is 16.3. The molecule has 0 saturated carbocycles. The number of hydrogen-bond donors (Lipinski definition) is 0. The number of nitrogens with zero attached hydrogens (tertiary/aromatic N) is 2. The van der Waals surface area contributed by atoms with Crippen molar-refractivity contribution in [2.45, 2.75) is 90.1 Å². The molecule has 0 aromatic carbocycles. The molecule has 2 fully saturated rings. The van der Waals surface area contributed by atoms with Crippen molar-refractivity contribution in [2.75, 3.05) is 26.2 Å². The molecule has 0 spiro atoms. The van der Waals surface area contributed by atoms with Crippen LogP contribution >= 0.6 is 0 Å². The molecule has 2 unspecified atom stereocenters. The first-order chi connectivity index (χ1) is 9.81. The highest BCUT2D eigenvalue weighted by Crippen LogP contribution is 2.24. The molecule has 2 saturated heterocycles. The SMILES string of the molecule is CCCCCCCCCCN1CC2CCCN2CC1C. The van der Waals surface area contributed by atoms with Crippen molar-refractivity contribution in [3.05, 3.63) is 0 Å². The van der Waals surface area contributed by atoms with Crippen LogP contribution in [0, 0.1) is 0 Å². The van der Waals surface area contributed by atoms with Crippen LogP contribution in [-0.2, 0) is 0 Å². The molecule has 0 bridgehead atoms. The molecule has 0 amide bonds. The molecular weight excluding hydrogens is 244 g/mol. The Morgan fingerprint density at radius 1 is 0.900 bits per heavy atom. The largest absolute Gasteiger partial charge is 0.298 e. The lowest BCUT2D eigenvalue weighted by Crippen LogP contribution is -2.54. The van der Waals surface area contributed by atoms with Crippen LogP contribution in [0.25, 0.3) is 0 Å². The fourth-order valence-corrected chi connectivity index (χ4v) is 4.01. The van der Waals surface area contributed by atoms with E-state index in [1.165, 1.54) is 90.4 Å². The second-order valence-corrected chi connectivity index (χ2v) is 7.11. The number of unbranched alkanes of at least 4 members (excludes halogenated alkanes) is 7. The highest BCUT2D eigenvalue weighted by atomic mass is 15.3. The van der Waals surface area contributed by atoms with Crippen molar-refractivity contribution in [3.8, 4) is 0 Å². The molecule has 2 atom stereocenters. The predicted molar refractivity (Wildman–Crippen MR) is 88.2 cm³/mol. The van der Waals surface area contributed by atoms with E-state index in [0.717, 1.165) is 12.1 Å². The highest BCUT2D eigenvalue weighted by molar-refractivity contribution is 4.90. The van der Waals surface area contributed by atoms with Gasteiger partial charge in [0, 0.05) is 25.2 Å². The molecule has 20 heavy (non-hydrogen) atoms. The Morgan fingerprint density at radius 3 is 2.35 bits per heavy atom. The Hall–Kier alpha value is -0.0800. The number of piperazine rings is 1. The van der Waals surface area contributed by atoms with Gasteiger partial charge >= 0.3 is 0 Å². The first-order valence-corrected chi connectivity index (χ1v) is 9.29. The smallest absolute Gasteiger partial charge is 0.0224 e. The number of rotatable bonds is 9. The Morgan fingerprint density at radius 2 is 1.60 bits per heavy atom. The van der Waals surface area contributed by atoms with Gasteiger partial charge < -0.3 is 0 Å². The summed E-state index contributed by atoms with van der Waals surface area (Å²) < 4.78 is 0. The second-order valence-electron chi connectivity index (χ2n) is 7.11. The maximum Gasteiger partial charge on any atom is 0.0224 e.